The number of carbonyl (C=O) groups is 2. The number of aromatic nitrogens is 1. The lowest BCUT2D eigenvalue weighted by molar-refractivity contribution is -0.385. The second kappa shape index (κ2) is 6.09. The Labute approximate surface area is 114 Å². The van der Waals surface area contributed by atoms with Gasteiger partial charge in [0.1, 0.15) is 6.20 Å². The third kappa shape index (κ3) is 2.73. The molecule has 0 aliphatic heterocycles. The molecular weight excluding hydrogens is 268 g/mol. The van der Waals surface area contributed by atoms with Crippen molar-refractivity contribution in [2.75, 3.05) is 0 Å². The fraction of sp³-hybridized carbons (Fsp3) is 0.417. The smallest absolute Gasteiger partial charge is 0.327 e. The highest BCUT2D eigenvalue weighted by Gasteiger charge is 2.49. The largest absolute Gasteiger partial charge is 0.480 e. The molecule has 0 spiro atoms. The number of hydrogen-bond acceptors (Lipinski definition) is 5. The summed E-state index contributed by atoms with van der Waals surface area (Å²) in [7, 11) is 0. The maximum absolute atomic E-state index is 11.4. The number of carboxylic acids is 2. The first-order valence-electron chi connectivity index (χ1n) is 5.94. The van der Waals surface area contributed by atoms with Crippen molar-refractivity contribution in [3.8, 4) is 0 Å². The standard InChI is InChI=1S/C12H14N2O6/c1-2-3-6-12(10(15)16,11(17)18)9-5-4-8(7-13-9)14(19)20/h4-5,7H,2-3,6H2,1H3,(H,15,16)(H,17,18). The van der Waals surface area contributed by atoms with Gasteiger partial charge in [-0.25, -0.2) is 0 Å². The van der Waals surface area contributed by atoms with Crippen LogP contribution in [-0.2, 0) is 15.0 Å². The monoisotopic (exact) mass is 282 g/mol. The Bertz CT molecular complexity index is 511. The van der Waals surface area contributed by atoms with Crippen molar-refractivity contribution < 1.29 is 24.7 Å². The van der Waals surface area contributed by atoms with Crippen LogP contribution in [0.25, 0.3) is 0 Å². The van der Waals surface area contributed by atoms with E-state index in [-0.39, 0.29) is 17.8 Å². The van der Waals surface area contributed by atoms with Crippen LogP contribution in [0.15, 0.2) is 18.3 Å². The number of rotatable bonds is 7. The maximum atomic E-state index is 11.4. The van der Waals surface area contributed by atoms with E-state index in [0.29, 0.717) is 12.8 Å². The van der Waals surface area contributed by atoms with Crippen molar-refractivity contribution >= 4 is 17.6 Å². The van der Waals surface area contributed by atoms with E-state index in [1.807, 2.05) is 0 Å². The molecule has 0 radical (unpaired) electrons. The molecule has 0 unspecified atom stereocenters. The summed E-state index contributed by atoms with van der Waals surface area (Å²) in [5.74, 6) is -3.06. The number of unbranched alkanes of at least 4 members (excludes halogenated alkanes) is 1. The Balaban J connectivity index is 3.32. The Morgan fingerprint density at radius 2 is 1.95 bits per heavy atom. The van der Waals surface area contributed by atoms with Crippen molar-refractivity contribution in [1.82, 2.24) is 4.98 Å². The van der Waals surface area contributed by atoms with Crippen molar-refractivity contribution in [2.45, 2.75) is 31.6 Å². The van der Waals surface area contributed by atoms with Crippen LogP contribution in [-0.4, -0.2) is 32.1 Å². The number of pyridine rings is 1. The normalized spacial score (nSPS) is 11.1. The fourth-order valence-corrected chi connectivity index (χ4v) is 1.84. The van der Waals surface area contributed by atoms with Gasteiger partial charge < -0.3 is 10.2 Å². The number of carboxylic acid groups (broad SMARTS) is 2. The zero-order chi connectivity index (χ0) is 15.3. The van der Waals surface area contributed by atoms with Gasteiger partial charge in [0.15, 0.2) is 0 Å². The van der Waals surface area contributed by atoms with E-state index in [9.17, 15) is 29.9 Å². The summed E-state index contributed by atoms with van der Waals surface area (Å²) in [5.41, 5.74) is -2.71. The summed E-state index contributed by atoms with van der Waals surface area (Å²) in [4.78, 5) is 36.4. The van der Waals surface area contributed by atoms with Gasteiger partial charge in [0, 0.05) is 6.07 Å². The molecule has 0 saturated carbocycles. The van der Waals surface area contributed by atoms with Crippen molar-refractivity contribution in [3.63, 3.8) is 0 Å². The van der Waals surface area contributed by atoms with Crippen LogP contribution in [0.4, 0.5) is 5.69 Å². The highest BCUT2D eigenvalue weighted by molar-refractivity contribution is 6.04. The second-order valence-corrected chi connectivity index (χ2v) is 4.28. The van der Waals surface area contributed by atoms with E-state index < -0.39 is 22.3 Å². The van der Waals surface area contributed by atoms with Gasteiger partial charge in [0.2, 0.25) is 5.41 Å². The van der Waals surface area contributed by atoms with Crippen LogP contribution in [0.3, 0.4) is 0 Å². The van der Waals surface area contributed by atoms with E-state index in [2.05, 4.69) is 4.98 Å². The molecule has 8 heteroatoms. The fourth-order valence-electron chi connectivity index (χ4n) is 1.84. The molecule has 0 aliphatic rings. The van der Waals surface area contributed by atoms with E-state index in [1.54, 1.807) is 6.92 Å². The lowest BCUT2D eigenvalue weighted by Gasteiger charge is -2.23. The molecule has 108 valence electrons. The molecule has 1 aromatic rings. The molecule has 0 aromatic carbocycles. The van der Waals surface area contributed by atoms with Crippen LogP contribution >= 0.6 is 0 Å². The lowest BCUT2D eigenvalue weighted by Crippen LogP contribution is -2.44. The summed E-state index contributed by atoms with van der Waals surface area (Å²) in [6.07, 6.45) is 1.74. The topological polar surface area (TPSA) is 131 Å². The second-order valence-electron chi connectivity index (χ2n) is 4.28. The minimum atomic E-state index is -2.18. The van der Waals surface area contributed by atoms with Crippen LogP contribution in [0.5, 0.6) is 0 Å². The summed E-state index contributed by atoms with van der Waals surface area (Å²) in [6.45, 7) is 1.80. The van der Waals surface area contributed by atoms with Gasteiger partial charge in [0.05, 0.1) is 10.6 Å². The molecule has 0 amide bonds. The van der Waals surface area contributed by atoms with Crippen LogP contribution < -0.4 is 0 Å². The van der Waals surface area contributed by atoms with Crippen molar-refractivity contribution in [2.24, 2.45) is 0 Å². The molecule has 0 saturated heterocycles. The molecule has 0 aliphatic carbocycles. The van der Waals surface area contributed by atoms with Gasteiger partial charge in [-0.15, -0.1) is 0 Å². The molecule has 2 N–H and O–H groups in total. The van der Waals surface area contributed by atoms with Gasteiger partial charge in [-0.3, -0.25) is 24.7 Å². The maximum Gasteiger partial charge on any atom is 0.327 e. The van der Waals surface area contributed by atoms with Gasteiger partial charge in [-0.2, -0.15) is 0 Å². The molecule has 1 aromatic heterocycles. The van der Waals surface area contributed by atoms with Gasteiger partial charge in [-0.05, 0) is 12.5 Å². The van der Waals surface area contributed by atoms with Crippen LogP contribution in [0, 0.1) is 10.1 Å². The Morgan fingerprint density at radius 1 is 1.35 bits per heavy atom. The third-order valence-electron chi connectivity index (χ3n) is 3.03. The van der Waals surface area contributed by atoms with Gasteiger partial charge in [0.25, 0.3) is 5.69 Å². The number of hydrogen-bond donors (Lipinski definition) is 2. The first-order valence-corrected chi connectivity index (χ1v) is 5.94. The van der Waals surface area contributed by atoms with Gasteiger partial charge >= 0.3 is 11.9 Å². The Kier molecular flexibility index (Phi) is 4.73. The first kappa shape index (κ1) is 15.5. The number of nitro groups is 1. The zero-order valence-electron chi connectivity index (χ0n) is 10.8. The SMILES string of the molecule is CCCCC(C(=O)O)(C(=O)O)c1ccc([N+](=O)[O-])cn1. The Morgan fingerprint density at radius 3 is 2.30 bits per heavy atom. The predicted octanol–water partition coefficient (Wildman–Crippen LogP) is 1.59. The minimum absolute atomic E-state index is 0.126. The average molecular weight is 282 g/mol. The molecule has 0 fully saturated rings. The van der Waals surface area contributed by atoms with Crippen molar-refractivity contribution in [3.05, 3.63) is 34.1 Å². The Hall–Kier alpha value is -2.51. The van der Waals surface area contributed by atoms with Crippen LogP contribution in [0.2, 0.25) is 0 Å². The number of aliphatic carboxylic acids is 2. The zero-order valence-corrected chi connectivity index (χ0v) is 10.8. The minimum Gasteiger partial charge on any atom is -0.480 e. The molecule has 20 heavy (non-hydrogen) atoms. The summed E-state index contributed by atoms with van der Waals surface area (Å²) >= 11 is 0. The number of nitrogens with zero attached hydrogens (tertiary/aromatic N) is 2. The highest BCUT2D eigenvalue weighted by Crippen LogP contribution is 2.30. The first-order chi connectivity index (χ1) is 9.36. The molecule has 8 nitrogen and oxygen atoms in total. The quantitative estimate of drug-likeness (QED) is 0.441. The third-order valence-corrected chi connectivity index (χ3v) is 3.03. The average Bonchev–Trinajstić information content (AvgIpc) is 2.39. The molecular formula is C12H14N2O6. The highest BCUT2D eigenvalue weighted by atomic mass is 16.6. The summed E-state index contributed by atoms with van der Waals surface area (Å²) in [5, 5.41) is 29.1. The molecule has 1 rings (SSSR count). The molecule has 1 heterocycles. The van der Waals surface area contributed by atoms with E-state index in [4.69, 9.17) is 0 Å². The van der Waals surface area contributed by atoms with E-state index in [1.165, 1.54) is 0 Å². The van der Waals surface area contributed by atoms with E-state index >= 15 is 0 Å². The lowest BCUT2D eigenvalue weighted by atomic mass is 9.79. The molecule has 0 bridgehead atoms. The van der Waals surface area contributed by atoms with E-state index in [0.717, 1.165) is 18.3 Å². The van der Waals surface area contributed by atoms with Crippen molar-refractivity contribution in [1.29, 1.82) is 0 Å². The predicted molar refractivity (Wildman–Crippen MR) is 67.4 cm³/mol. The van der Waals surface area contributed by atoms with Crippen LogP contribution in [0.1, 0.15) is 31.9 Å². The van der Waals surface area contributed by atoms with Gasteiger partial charge in [-0.1, -0.05) is 19.8 Å². The summed E-state index contributed by atoms with van der Waals surface area (Å²) < 4.78 is 0. The summed E-state index contributed by atoms with van der Waals surface area (Å²) in [6, 6.07) is 2.13. The molecule has 0 atom stereocenters.